The first-order chi connectivity index (χ1) is 19.1. The molecule has 7 N–H and O–H groups in total. The molecule has 0 aliphatic carbocycles. The molecule has 12 heteroatoms. The van der Waals surface area contributed by atoms with E-state index >= 15 is 0 Å². The second kappa shape index (κ2) is 17.5. The smallest absolute Gasteiger partial charge is 0.326 e. The Morgan fingerprint density at radius 1 is 0.725 bits per heavy atom. The molecule has 4 atom stereocenters. The number of nitrogens with one attached hydrogen (secondary N) is 3. The molecule has 0 fully saturated rings. The second-order valence-corrected chi connectivity index (χ2v) is 11.2. The molecule has 40 heavy (non-hydrogen) atoms. The number of hydrogen-bond acceptors (Lipinski definition) is 8. The van der Waals surface area contributed by atoms with Gasteiger partial charge in [0.2, 0.25) is 17.7 Å². The van der Waals surface area contributed by atoms with Gasteiger partial charge in [0.25, 0.3) is 0 Å². The second-order valence-electron chi connectivity index (χ2n) is 9.25. The van der Waals surface area contributed by atoms with Gasteiger partial charge in [-0.15, -0.1) is 0 Å². The number of amides is 3. The third-order valence-electron chi connectivity index (χ3n) is 6.11. The molecule has 0 spiro atoms. The van der Waals surface area contributed by atoms with Crippen molar-refractivity contribution in [2.24, 2.45) is 5.73 Å². The van der Waals surface area contributed by atoms with Gasteiger partial charge >= 0.3 is 5.97 Å². The summed E-state index contributed by atoms with van der Waals surface area (Å²) in [4.78, 5) is 51.2. The molecule has 0 aromatic heterocycles. The lowest BCUT2D eigenvalue weighted by atomic mass is 10.0. The highest BCUT2D eigenvalue weighted by molar-refractivity contribution is 7.98. The van der Waals surface area contributed by atoms with Crippen molar-refractivity contribution in [3.8, 4) is 5.75 Å². The Labute approximate surface area is 243 Å². The molecule has 10 nitrogen and oxygen atoms in total. The summed E-state index contributed by atoms with van der Waals surface area (Å²) in [6.07, 6.45) is 4.56. The predicted octanol–water partition coefficient (Wildman–Crippen LogP) is 1.55. The van der Waals surface area contributed by atoms with Crippen molar-refractivity contribution in [1.29, 1.82) is 0 Å². The van der Waals surface area contributed by atoms with Crippen molar-refractivity contribution in [2.75, 3.05) is 24.0 Å². The molecule has 0 bridgehead atoms. The van der Waals surface area contributed by atoms with Crippen LogP contribution in [0, 0.1) is 0 Å². The summed E-state index contributed by atoms with van der Waals surface area (Å²) in [5, 5.41) is 27.1. The van der Waals surface area contributed by atoms with Crippen LogP contribution in [0.3, 0.4) is 0 Å². The molecule has 4 unspecified atom stereocenters. The van der Waals surface area contributed by atoms with E-state index in [1.54, 1.807) is 12.1 Å². The topological polar surface area (TPSA) is 171 Å². The van der Waals surface area contributed by atoms with Gasteiger partial charge in [0, 0.05) is 6.42 Å². The van der Waals surface area contributed by atoms with Crippen LogP contribution in [0.2, 0.25) is 0 Å². The number of thioether (sulfide) groups is 2. The van der Waals surface area contributed by atoms with Crippen LogP contribution in [-0.4, -0.2) is 82.1 Å². The zero-order chi connectivity index (χ0) is 29.5. The maximum absolute atomic E-state index is 13.5. The number of carbonyl (C=O) groups is 4. The fraction of sp³-hybridized carbons (Fsp3) is 0.429. The van der Waals surface area contributed by atoms with Crippen LogP contribution in [0.15, 0.2) is 54.6 Å². The average Bonchev–Trinajstić information content (AvgIpc) is 2.94. The first-order valence-corrected chi connectivity index (χ1v) is 15.6. The van der Waals surface area contributed by atoms with Crippen LogP contribution in [-0.2, 0) is 32.0 Å². The maximum Gasteiger partial charge on any atom is 0.326 e. The van der Waals surface area contributed by atoms with Crippen LogP contribution in [0.1, 0.15) is 24.0 Å². The minimum absolute atomic E-state index is 0.0573. The van der Waals surface area contributed by atoms with E-state index in [9.17, 15) is 29.4 Å². The number of carboxylic acid groups (broad SMARTS) is 1. The molecule has 0 saturated heterocycles. The van der Waals surface area contributed by atoms with Crippen molar-refractivity contribution >= 4 is 47.2 Å². The van der Waals surface area contributed by atoms with E-state index in [0.29, 0.717) is 17.1 Å². The maximum atomic E-state index is 13.5. The molecule has 3 amide bonds. The number of benzene rings is 2. The Balaban J connectivity index is 2.20. The summed E-state index contributed by atoms with van der Waals surface area (Å²) >= 11 is 2.95. The highest BCUT2D eigenvalue weighted by Crippen LogP contribution is 2.13. The van der Waals surface area contributed by atoms with Gasteiger partial charge in [0.15, 0.2) is 0 Å². The van der Waals surface area contributed by atoms with Crippen LogP contribution < -0.4 is 21.7 Å². The summed E-state index contributed by atoms with van der Waals surface area (Å²) in [6.45, 7) is 0. The molecule has 0 radical (unpaired) electrons. The fourth-order valence-corrected chi connectivity index (χ4v) is 4.80. The average molecular weight is 591 g/mol. The van der Waals surface area contributed by atoms with E-state index in [-0.39, 0.29) is 31.4 Å². The molecular weight excluding hydrogens is 552 g/mol. The van der Waals surface area contributed by atoms with E-state index in [1.165, 1.54) is 35.7 Å². The van der Waals surface area contributed by atoms with Crippen molar-refractivity contribution in [3.05, 3.63) is 65.7 Å². The number of rotatable bonds is 17. The normalized spacial score (nSPS) is 13.9. The first kappa shape index (κ1) is 33.0. The third kappa shape index (κ3) is 11.5. The summed E-state index contributed by atoms with van der Waals surface area (Å²) in [6, 6.07) is 11.4. The molecule has 2 rings (SSSR count). The molecule has 2 aromatic carbocycles. The van der Waals surface area contributed by atoms with Crippen molar-refractivity contribution in [2.45, 2.75) is 49.9 Å². The number of phenolic OH excluding ortho intramolecular Hbond substituents is 1. The van der Waals surface area contributed by atoms with E-state index in [0.717, 1.165) is 5.56 Å². The Bertz CT molecular complexity index is 1100. The Morgan fingerprint density at radius 2 is 1.23 bits per heavy atom. The first-order valence-electron chi connectivity index (χ1n) is 12.8. The van der Waals surface area contributed by atoms with Gasteiger partial charge in [-0.25, -0.2) is 4.79 Å². The van der Waals surface area contributed by atoms with Gasteiger partial charge in [0.05, 0.1) is 6.04 Å². The minimum Gasteiger partial charge on any atom is -0.508 e. The van der Waals surface area contributed by atoms with Gasteiger partial charge in [0.1, 0.15) is 23.9 Å². The van der Waals surface area contributed by atoms with Gasteiger partial charge in [-0.05, 0) is 66.5 Å². The van der Waals surface area contributed by atoms with Gasteiger partial charge in [-0.1, -0.05) is 42.5 Å². The predicted molar refractivity (Wildman–Crippen MR) is 159 cm³/mol. The van der Waals surface area contributed by atoms with E-state index < -0.39 is 47.9 Å². The zero-order valence-electron chi connectivity index (χ0n) is 22.7. The Kier molecular flexibility index (Phi) is 14.4. The van der Waals surface area contributed by atoms with Gasteiger partial charge in [-0.3, -0.25) is 14.4 Å². The lowest BCUT2D eigenvalue weighted by Crippen LogP contribution is -2.58. The SMILES string of the molecule is CSCCC(NC(=O)C(CCSC)NC(=O)C(Cc1ccc(O)cc1)NC(=O)C(N)Cc1ccccc1)C(=O)O. The van der Waals surface area contributed by atoms with Crippen LogP contribution in [0.25, 0.3) is 0 Å². The van der Waals surface area contributed by atoms with E-state index in [1.807, 2.05) is 42.8 Å². The van der Waals surface area contributed by atoms with Crippen LogP contribution in [0.4, 0.5) is 0 Å². The van der Waals surface area contributed by atoms with Crippen molar-refractivity contribution in [3.63, 3.8) is 0 Å². The molecule has 0 aliphatic rings. The quantitative estimate of drug-likeness (QED) is 0.160. The summed E-state index contributed by atoms with van der Waals surface area (Å²) in [7, 11) is 0. The highest BCUT2D eigenvalue weighted by Gasteiger charge is 2.30. The minimum atomic E-state index is -1.15. The molecule has 0 saturated carbocycles. The van der Waals surface area contributed by atoms with Crippen molar-refractivity contribution in [1.82, 2.24) is 16.0 Å². The number of aliphatic carboxylic acids is 1. The Morgan fingerprint density at radius 3 is 1.80 bits per heavy atom. The fourth-order valence-electron chi connectivity index (χ4n) is 3.86. The lowest BCUT2D eigenvalue weighted by Gasteiger charge is -2.25. The van der Waals surface area contributed by atoms with E-state index in [4.69, 9.17) is 5.73 Å². The monoisotopic (exact) mass is 590 g/mol. The number of nitrogens with two attached hydrogens (primary N) is 1. The number of phenols is 1. The van der Waals surface area contributed by atoms with Gasteiger partial charge < -0.3 is 31.9 Å². The van der Waals surface area contributed by atoms with Crippen LogP contribution in [0.5, 0.6) is 5.75 Å². The molecule has 0 heterocycles. The zero-order valence-corrected chi connectivity index (χ0v) is 24.3. The summed E-state index contributed by atoms with van der Waals surface area (Å²) in [5.41, 5.74) is 7.69. The number of hydrogen-bond donors (Lipinski definition) is 6. The molecule has 218 valence electrons. The number of aromatic hydroxyl groups is 1. The molecule has 0 aliphatic heterocycles. The molecular formula is C28H38N4O6S2. The number of carbonyl (C=O) groups excluding carboxylic acids is 3. The Hall–Kier alpha value is -3.22. The standard InChI is InChI=1S/C28H38N4O6S2/c1-39-14-12-22(26(35)31-23(28(37)38)13-15-40-2)30-27(36)24(17-19-8-10-20(33)11-9-19)32-25(34)21(29)16-18-6-4-3-5-7-18/h3-11,21-24,33H,12-17,29H2,1-2H3,(H,30,36)(H,31,35)(H,32,34)(H,37,38). The largest absolute Gasteiger partial charge is 0.508 e. The lowest BCUT2D eigenvalue weighted by molar-refractivity contribution is -0.142. The van der Waals surface area contributed by atoms with Gasteiger partial charge in [-0.2, -0.15) is 23.5 Å². The van der Waals surface area contributed by atoms with Crippen LogP contribution >= 0.6 is 23.5 Å². The summed E-state index contributed by atoms with van der Waals surface area (Å²) in [5.74, 6) is -1.75. The van der Waals surface area contributed by atoms with E-state index in [2.05, 4.69) is 16.0 Å². The van der Waals surface area contributed by atoms with Crippen molar-refractivity contribution < 1.29 is 29.4 Å². The highest BCUT2D eigenvalue weighted by atomic mass is 32.2. The summed E-state index contributed by atoms with van der Waals surface area (Å²) < 4.78 is 0. The number of carboxylic acids is 1. The molecule has 2 aromatic rings. The third-order valence-corrected chi connectivity index (χ3v) is 7.40.